The fraction of sp³-hybridized carbons (Fsp3) is 0.417. The zero-order valence-electron chi connectivity index (χ0n) is 18.1. The van der Waals surface area contributed by atoms with Crippen molar-refractivity contribution in [2.45, 2.75) is 51.5 Å². The van der Waals surface area contributed by atoms with Crippen molar-refractivity contribution in [3.63, 3.8) is 0 Å². The summed E-state index contributed by atoms with van der Waals surface area (Å²) in [5.74, 6) is 1.33. The molecule has 1 fully saturated rings. The van der Waals surface area contributed by atoms with Gasteiger partial charge in [0, 0.05) is 19.1 Å². The highest BCUT2D eigenvalue weighted by atomic mass is 16.2. The van der Waals surface area contributed by atoms with Gasteiger partial charge in [-0.15, -0.1) is 0 Å². The molecule has 2 aromatic heterocycles. The minimum Gasteiger partial charge on any atom is -0.355 e. The normalized spacial score (nSPS) is 14.9. The monoisotopic (exact) mass is 418 g/mol. The fourth-order valence-corrected chi connectivity index (χ4v) is 3.94. The minimum atomic E-state index is -0.251. The first-order chi connectivity index (χ1) is 15.2. The average Bonchev–Trinajstić information content (AvgIpc) is 2.80. The number of carbonyl (C=O) groups excluding carboxylic acids is 1. The van der Waals surface area contributed by atoms with Gasteiger partial charge in [0.2, 0.25) is 0 Å². The van der Waals surface area contributed by atoms with Crippen molar-refractivity contribution in [3.8, 4) is 0 Å². The summed E-state index contributed by atoms with van der Waals surface area (Å²) in [6, 6.07) is 13.8. The van der Waals surface area contributed by atoms with Crippen LogP contribution in [-0.4, -0.2) is 40.1 Å². The molecule has 1 aromatic carbocycles. The molecular weight excluding hydrogens is 388 g/mol. The second kappa shape index (κ2) is 10.2. The minimum absolute atomic E-state index is 0.0784. The number of fused-ring (bicyclic) bond motifs is 1. The molecule has 3 aromatic rings. The molecule has 0 radical (unpaired) electrons. The molecule has 3 heterocycles. The van der Waals surface area contributed by atoms with Crippen LogP contribution in [0.15, 0.2) is 48.7 Å². The Morgan fingerprint density at radius 1 is 1.06 bits per heavy atom. The van der Waals surface area contributed by atoms with E-state index in [1.165, 1.54) is 24.8 Å². The summed E-state index contributed by atoms with van der Waals surface area (Å²) in [4.78, 5) is 28.3. The zero-order valence-corrected chi connectivity index (χ0v) is 18.1. The summed E-state index contributed by atoms with van der Waals surface area (Å²) in [5.41, 5.74) is 2.60. The van der Waals surface area contributed by atoms with E-state index in [4.69, 9.17) is 0 Å². The molecule has 0 bridgehead atoms. The molecule has 7 heteroatoms. The van der Waals surface area contributed by atoms with Crippen LogP contribution in [0.25, 0.3) is 11.2 Å². The van der Waals surface area contributed by atoms with Crippen molar-refractivity contribution < 1.29 is 4.79 Å². The van der Waals surface area contributed by atoms with Gasteiger partial charge in [0.25, 0.3) is 0 Å². The molecule has 1 aliphatic rings. The summed E-state index contributed by atoms with van der Waals surface area (Å²) in [7, 11) is 0. The number of hydrogen-bond acceptors (Lipinski definition) is 5. The van der Waals surface area contributed by atoms with E-state index >= 15 is 0 Å². The van der Waals surface area contributed by atoms with Crippen LogP contribution in [0.2, 0.25) is 0 Å². The maximum atomic E-state index is 12.4. The standard InChI is InChI=1S/C24H30N6O/c1-18(9-8-12-19-10-4-2-5-11-19)26-24(31)28-21-14-13-20-23(27-21)29-22(17-25-20)30-15-6-3-7-16-30/h2,4-5,10-11,13-14,17-18H,3,6-9,12,15-16H2,1H3,(H2,26,27,28,29,31)/t18-/m1/s1. The maximum Gasteiger partial charge on any atom is 0.320 e. The van der Waals surface area contributed by atoms with E-state index in [0.29, 0.717) is 11.5 Å². The Balaban J connectivity index is 1.31. The van der Waals surface area contributed by atoms with Crippen LogP contribution in [0.4, 0.5) is 16.4 Å². The van der Waals surface area contributed by atoms with Gasteiger partial charge < -0.3 is 10.2 Å². The molecule has 0 aliphatic carbocycles. The lowest BCUT2D eigenvalue weighted by Gasteiger charge is -2.27. The van der Waals surface area contributed by atoms with E-state index in [2.05, 4.69) is 54.8 Å². The second-order valence-corrected chi connectivity index (χ2v) is 8.19. The van der Waals surface area contributed by atoms with Crippen LogP contribution >= 0.6 is 0 Å². The quantitative estimate of drug-likeness (QED) is 0.588. The lowest BCUT2D eigenvalue weighted by Crippen LogP contribution is -2.36. The third-order valence-electron chi connectivity index (χ3n) is 5.64. The number of nitrogens with zero attached hydrogens (tertiary/aromatic N) is 4. The van der Waals surface area contributed by atoms with Gasteiger partial charge in [-0.3, -0.25) is 5.32 Å². The second-order valence-electron chi connectivity index (χ2n) is 8.19. The van der Waals surface area contributed by atoms with Gasteiger partial charge in [0.05, 0.1) is 6.20 Å². The largest absolute Gasteiger partial charge is 0.355 e. The van der Waals surface area contributed by atoms with Crippen molar-refractivity contribution in [1.82, 2.24) is 20.3 Å². The number of aromatic nitrogens is 3. The van der Waals surface area contributed by atoms with Gasteiger partial charge in [-0.2, -0.15) is 0 Å². The molecule has 1 atom stereocenters. The van der Waals surface area contributed by atoms with Gasteiger partial charge in [-0.1, -0.05) is 30.3 Å². The maximum absolute atomic E-state index is 12.4. The van der Waals surface area contributed by atoms with Gasteiger partial charge >= 0.3 is 6.03 Å². The highest BCUT2D eigenvalue weighted by Crippen LogP contribution is 2.20. The molecule has 4 rings (SSSR count). The molecule has 1 saturated heterocycles. The Morgan fingerprint density at radius 3 is 2.68 bits per heavy atom. The number of amides is 2. The molecule has 7 nitrogen and oxygen atoms in total. The number of aryl methyl sites for hydroxylation is 1. The highest BCUT2D eigenvalue weighted by molar-refractivity contribution is 5.89. The number of carbonyl (C=O) groups is 1. The van der Waals surface area contributed by atoms with Crippen LogP contribution in [0, 0.1) is 0 Å². The number of benzene rings is 1. The molecule has 0 unspecified atom stereocenters. The summed E-state index contributed by atoms with van der Waals surface area (Å²) in [6.45, 7) is 4.03. The van der Waals surface area contributed by atoms with Crippen molar-refractivity contribution in [1.29, 1.82) is 0 Å². The lowest BCUT2D eigenvalue weighted by molar-refractivity contribution is 0.248. The van der Waals surface area contributed by atoms with E-state index in [1.54, 1.807) is 6.07 Å². The predicted molar refractivity (Wildman–Crippen MR) is 124 cm³/mol. The van der Waals surface area contributed by atoms with E-state index in [9.17, 15) is 4.79 Å². The third kappa shape index (κ3) is 5.90. The first-order valence-corrected chi connectivity index (χ1v) is 11.2. The number of rotatable bonds is 7. The molecule has 2 amide bonds. The third-order valence-corrected chi connectivity index (χ3v) is 5.64. The van der Waals surface area contributed by atoms with Crippen molar-refractivity contribution >= 4 is 28.8 Å². The number of hydrogen-bond donors (Lipinski definition) is 2. The Morgan fingerprint density at radius 2 is 1.87 bits per heavy atom. The Bertz CT molecular complexity index is 1000. The highest BCUT2D eigenvalue weighted by Gasteiger charge is 2.14. The molecule has 0 saturated carbocycles. The summed E-state index contributed by atoms with van der Waals surface area (Å²) in [6.07, 6.45) is 8.39. The van der Waals surface area contributed by atoms with Crippen LogP contribution in [0.1, 0.15) is 44.6 Å². The predicted octanol–water partition coefficient (Wildman–Crippen LogP) is 4.55. The van der Waals surface area contributed by atoms with E-state index in [1.807, 2.05) is 25.3 Å². The smallest absolute Gasteiger partial charge is 0.320 e. The number of urea groups is 1. The molecule has 1 aliphatic heterocycles. The fourth-order valence-electron chi connectivity index (χ4n) is 3.94. The molecular formula is C24H30N6O. The summed E-state index contributed by atoms with van der Waals surface area (Å²) in [5, 5.41) is 5.82. The summed E-state index contributed by atoms with van der Waals surface area (Å²) < 4.78 is 0. The average molecular weight is 419 g/mol. The topological polar surface area (TPSA) is 83.0 Å². The molecule has 31 heavy (non-hydrogen) atoms. The number of piperidine rings is 1. The first-order valence-electron chi connectivity index (χ1n) is 11.2. The summed E-state index contributed by atoms with van der Waals surface area (Å²) >= 11 is 0. The molecule has 2 N–H and O–H groups in total. The van der Waals surface area contributed by atoms with E-state index in [0.717, 1.165) is 43.7 Å². The Kier molecular flexibility index (Phi) is 6.92. The first kappa shape index (κ1) is 21.0. The van der Waals surface area contributed by atoms with Gasteiger partial charge in [-0.05, 0) is 63.1 Å². The SMILES string of the molecule is C[C@H](CCCc1ccccc1)NC(=O)Nc1ccc2ncc(N3CCCCC3)nc2n1. The molecule has 162 valence electrons. The van der Waals surface area contributed by atoms with Crippen LogP contribution in [0.5, 0.6) is 0 Å². The zero-order chi connectivity index (χ0) is 21.5. The van der Waals surface area contributed by atoms with E-state index in [-0.39, 0.29) is 12.1 Å². The van der Waals surface area contributed by atoms with Crippen molar-refractivity contribution in [3.05, 3.63) is 54.2 Å². The van der Waals surface area contributed by atoms with Crippen LogP contribution in [-0.2, 0) is 6.42 Å². The van der Waals surface area contributed by atoms with Gasteiger partial charge in [-0.25, -0.2) is 19.7 Å². The van der Waals surface area contributed by atoms with Crippen LogP contribution < -0.4 is 15.5 Å². The number of anilines is 2. The lowest BCUT2D eigenvalue weighted by atomic mass is 10.1. The number of nitrogens with one attached hydrogen (secondary N) is 2. The van der Waals surface area contributed by atoms with Crippen molar-refractivity contribution in [2.24, 2.45) is 0 Å². The van der Waals surface area contributed by atoms with Crippen molar-refractivity contribution in [2.75, 3.05) is 23.3 Å². The number of pyridine rings is 1. The van der Waals surface area contributed by atoms with Crippen LogP contribution in [0.3, 0.4) is 0 Å². The van der Waals surface area contributed by atoms with Gasteiger partial charge in [0.1, 0.15) is 17.2 Å². The molecule has 0 spiro atoms. The van der Waals surface area contributed by atoms with Gasteiger partial charge in [0.15, 0.2) is 5.65 Å². The Hall–Kier alpha value is -3.22. The van der Waals surface area contributed by atoms with E-state index < -0.39 is 0 Å². The Labute approximate surface area is 183 Å².